The van der Waals surface area contributed by atoms with Gasteiger partial charge in [0.15, 0.2) is 0 Å². The van der Waals surface area contributed by atoms with Crippen molar-refractivity contribution in [2.75, 3.05) is 40.3 Å². The van der Waals surface area contributed by atoms with Crippen molar-refractivity contribution >= 4 is 75.7 Å². The molecule has 294 valence electrons. The number of anilines is 7. The van der Waals surface area contributed by atoms with E-state index in [1.807, 2.05) is 78.2 Å². The number of hydrogen-bond acceptors (Lipinski definition) is 11. The first-order valence-electron chi connectivity index (χ1n) is 18.7. The van der Waals surface area contributed by atoms with Gasteiger partial charge in [-0.3, -0.25) is 9.59 Å². The van der Waals surface area contributed by atoms with E-state index in [1.165, 1.54) is 18.2 Å². The normalized spacial score (nSPS) is 10.8. The average molecular weight is 808 g/mol. The largest absolute Gasteiger partial charge is 0.378 e. The highest BCUT2D eigenvalue weighted by molar-refractivity contribution is 7.99. The zero-order valence-corrected chi connectivity index (χ0v) is 35.0. The molecule has 11 nitrogen and oxygen atoms in total. The second-order valence-corrected chi connectivity index (χ2v) is 16.4. The minimum Gasteiger partial charge on any atom is -0.378 e. The lowest BCUT2D eigenvalue weighted by Crippen LogP contribution is -2.18. The van der Waals surface area contributed by atoms with Crippen LogP contribution in [0.3, 0.4) is 0 Å². The van der Waals surface area contributed by atoms with Crippen LogP contribution < -0.4 is 26.2 Å². The summed E-state index contributed by atoms with van der Waals surface area (Å²) in [5.74, 6) is 7.95. The Balaban J connectivity index is 1.32. The van der Waals surface area contributed by atoms with Crippen molar-refractivity contribution in [1.29, 1.82) is 0 Å². The number of benzene rings is 4. The van der Waals surface area contributed by atoms with Crippen LogP contribution in [0.5, 0.6) is 0 Å². The van der Waals surface area contributed by atoms with Crippen molar-refractivity contribution < 1.29 is 9.59 Å². The fourth-order valence-corrected chi connectivity index (χ4v) is 6.98. The van der Waals surface area contributed by atoms with Crippen molar-refractivity contribution in [2.45, 2.75) is 54.2 Å². The Morgan fingerprint density at radius 2 is 0.983 bits per heavy atom. The summed E-state index contributed by atoms with van der Waals surface area (Å²) in [6.07, 6.45) is 2.84. The first-order valence-corrected chi connectivity index (χ1v) is 20.3. The van der Waals surface area contributed by atoms with E-state index in [4.69, 9.17) is 0 Å². The third-order valence-electron chi connectivity index (χ3n) is 8.55. The molecule has 0 atom stereocenters. The van der Waals surface area contributed by atoms with Gasteiger partial charge in [-0.1, -0.05) is 80.8 Å². The molecule has 6 aromatic rings. The number of amides is 2. The van der Waals surface area contributed by atoms with Crippen LogP contribution in [0.25, 0.3) is 0 Å². The molecule has 6 rings (SSSR count). The SMILES string of the molecule is Cc1ccc(Sc2ccc(C#Cc3ccc(Sc4ccc(N(C)C)cc4)c(Nc4cc(NC(=O)C(C)C)ncn4)c3)cc2Nc2cc(NC(=O)C(C)C)ncn2)cc1. The summed E-state index contributed by atoms with van der Waals surface area (Å²) < 4.78 is 0. The van der Waals surface area contributed by atoms with Gasteiger partial charge in [-0.05, 0) is 79.7 Å². The lowest BCUT2D eigenvalue weighted by atomic mass is 10.1. The predicted octanol–water partition coefficient (Wildman–Crippen LogP) is 10.0. The third kappa shape index (κ3) is 11.6. The Kier molecular flexibility index (Phi) is 13.7. The van der Waals surface area contributed by atoms with E-state index in [-0.39, 0.29) is 23.7 Å². The lowest BCUT2D eigenvalue weighted by Gasteiger charge is -2.15. The molecule has 0 radical (unpaired) electrons. The predicted molar refractivity (Wildman–Crippen MR) is 237 cm³/mol. The summed E-state index contributed by atoms with van der Waals surface area (Å²) in [7, 11) is 4.04. The van der Waals surface area contributed by atoms with Gasteiger partial charge >= 0.3 is 0 Å². The molecule has 13 heteroatoms. The van der Waals surface area contributed by atoms with E-state index in [0.29, 0.717) is 23.3 Å². The standard InChI is InChI=1S/C45H45N9O2S2/c1-28(2)44(55)52-42-24-40(46-26-48-42)50-36-22-31(12-20-38(36)57-34-16-8-30(5)9-17-34)10-11-32-13-21-39(58-35-18-14-33(15-19-35)54(6)7)37(23-32)51-41-25-43(49-27-47-41)53-45(56)29(3)4/h8-9,12-29H,1-7H3,(H2,46,48,50,52,55)(H2,47,49,51,53,56). The topological polar surface area (TPSA) is 137 Å². The zero-order chi connectivity index (χ0) is 41.2. The first-order chi connectivity index (χ1) is 27.9. The van der Waals surface area contributed by atoms with Crippen molar-refractivity contribution in [3.8, 4) is 11.8 Å². The highest BCUT2D eigenvalue weighted by Crippen LogP contribution is 2.37. The van der Waals surface area contributed by atoms with Crippen LogP contribution in [0, 0.1) is 30.6 Å². The molecule has 0 bridgehead atoms. The number of carbonyl (C=O) groups excluding carboxylic acids is 2. The molecule has 0 saturated heterocycles. The lowest BCUT2D eigenvalue weighted by molar-refractivity contribution is -0.119. The Hall–Kier alpha value is -6.36. The van der Waals surface area contributed by atoms with Gasteiger partial charge in [0, 0.05) is 74.5 Å². The first kappa shape index (κ1) is 41.3. The van der Waals surface area contributed by atoms with E-state index in [2.05, 4.69) is 113 Å². The van der Waals surface area contributed by atoms with Crippen molar-refractivity contribution in [1.82, 2.24) is 19.9 Å². The fourth-order valence-electron chi connectivity index (χ4n) is 5.21. The Labute approximate surface area is 348 Å². The summed E-state index contributed by atoms with van der Waals surface area (Å²) in [5.41, 5.74) is 5.47. The highest BCUT2D eigenvalue weighted by atomic mass is 32.2. The molecule has 58 heavy (non-hydrogen) atoms. The van der Waals surface area contributed by atoms with Gasteiger partial charge in [0.25, 0.3) is 0 Å². The van der Waals surface area contributed by atoms with Crippen molar-refractivity contribution in [3.05, 3.63) is 126 Å². The van der Waals surface area contributed by atoms with Gasteiger partial charge in [0.1, 0.15) is 35.9 Å². The van der Waals surface area contributed by atoms with E-state index < -0.39 is 0 Å². The van der Waals surface area contributed by atoms with E-state index >= 15 is 0 Å². The maximum atomic E-state index is 12.4. The third-order valence-corrected chi connectivity index (χ3v) is 10.7. The number of aryl methyl sites for hydroxylation is 1. The van der Waals surface area contributed by atoms with Crippen LogP contribution in [-0.4, -0.2) is 45.8 Å². The zero-order valence-electron chi connectivity index (χ0n) is 33.4. The molecule has 0 fully saturated rings. The number of carbonyl (C=O) groups is 2. The summed E-state index contributed by atoms with van der Waals surface area (Å²) >= 11 is 3.25. The number of rotatable bonds is 13. The van der Waals surface area contributed by atoms with Crippen LogP contribution in [-0.2, 0) is 9.59 Å². The molecule has 0 unspecified atom stereocenters. The second-order valence-electron chi connectivity index (χ2n) is 14.2. The van der Waals surface area contributed by atoms with Crippen molar-refractivity contribution in [2.24, 2.45) is 11.8 Å². The van der Waals surface area contributed by atoms with Crippen LogP contribution in [0.1, 0.15) is 44.4 Å². The molecule has 0 aliphatic carbocycles. The summed E-state index contributed by atoms with van der Waals surface area (Å²) in [5, 5.41) is 12.6. The van der Waals surface area contributed by atoms with E-state index in [9.17, 15) is 9.59 Å². The Morgan fingerprint density at radius 3 is 1.40 bits per heavy atom. The molecule has 0 saturated carbocycles. The molecular weight excluding hydrogens is 763 g/mol. The molecule has 0 aliphatic rings. The molecule has 2 amide bonds. The molecular formula is C45H45N9O2S2. The van der Waals surface area contributed by atoms with Gasteiger partial charge in [0.05, 0.1) is 11.4 Å². The Morgan fingerprint density at radius 1 is 0.569 bits per heavy atom. The monoisotopic (exact) mass is 807 g/mol. The molecule has 4 aromatic carbocycles. The number of aromatic nitrogens is 4. The average Bonchev–Trinajstić information content (AvgIpc) is 3.20. The van der Waals surface area contributed by atoms with E-state index in [1.54, 1.807) is 35.7 Å². The van der Waals surface area contributed by atoms with Crippen LogP contribution in [0.15, 0.2) is 129 Å². The van der Waals surface area contributed by atoms with Gasteiger partial charge in [-0.25, -0.2) is 19.9 Å². The Bertz CT molecular complexity index is 2460. The smallest absolute Gasteiger partial charge is 0.228 e. The van der Waals surface area contributed by atoms with Gasteiger partial charge in [-0.2, -0.15) is 0 Å². The molecule has 2 aromatic heterocycles. The van der Waals surface area contributed by atoms with Crippen LogP contribution >= 0.6 is 23.5 Å². The van der Waals surface area contributed by atoms with E-state index in [0.717, 1.165) is 47.8 Å². The summed E-state index contributed by atoms with van der Waals surface area (Å²) in [4.78, 5) is 48.3. The maximum Gasteiger partial charge on any atom is 0.228 e. The van der Waals surface area contributed by atoms with Gasteiger partial charge in [0.2, 0.25) is 11.8 Å². The van der Waals surface area contributed by atoms with Crippen LogP contribution in [0.2, 0.25) is 0 Å². The van der Waals surface area contributed by atoms with Crippen LogP contribution in [0.4, 0.5) is 40.3 Å². The second kappa shape index (κ2) is 19.2. The molecule has 2 heterocycles. The number of hydrogen-bond donors (Lipinski definition) is 4. The maximum absolute atomic E-state index is 12.4. The van der Waals surface area contributed by atoms with Gasteiger partial charge in [-0.15, -0.1) is 0 Å². The molecule has 0 aliphatic heterocycles. The quantitative estimate of drug-likeness (QED) is 0.0830. The highest BCUT2D eigenvalue weighted by Gasteiger charge is 2.13. The van der Waals surface area contributed by atoms with Gasteiger partial charge < -0.3 is 26.2 Å². The number of nitrogens with zero attached hydrogens (tertiary/aromatic N) is 5. The molecule has 4 N–H and O–H groups in total. The minimum atomic E-state index is -0.192. The minimum absolute atomic E-state index is 0.127. The molecule has 0 spiro atoms. The summed E-state index contributed by atoms with van der Waals surface area (Å²) in [6.45, 7) is 9.39. The summed E-state index contributed by atoms with van der Waals surface area (Å²) in [6, 6.07) is 32.2. The fraction of sp³-hybridized carbons (Fsp3) is 0.200. The van der Waals surface area contributed by atoms with Crippen molar-refractivity contribution in [3.63, 3.8) is 0 Å². The number of nitrogens with one attached hydrogen (secondary N) is 4.